The number of halogens is 6. The van der Waals surface area contributed by atoms with E-state index >= 15 is 0 Å². The van der Waals surface area contributed by atoms with Crippen LogP contribution in [-0.2, 0) is 23.4 Å². The quantitative estimate of drug-likeness (QED) is 0.0138. The Hall–Kier alpha value is -6.49. The van der Waals surface area contributed by atoms with Crippen molar-refractivity contribution in [3.05, 3.63) is 135 Å². The summed E-state index contributed by atoms with van der Waals surface area (Å²) in [6, 6.07) is 22.0. The topological polar surface area (TPSA) is 274 Å². The lowest BCUT2D eigenvalue weighted by Gasteiger charge is -2.33. The van der Waals surface area contributed by atoms with Gasteiger partial charge in [-0.05, 0) is 154 Å². The number of nitrogens with two attached hydrogens (primary N) is 1. The molecule has 0 spiro atoms. The Labute approximate surface area is 520 Å². The van der Waals surface area contributed by atoms with E-state index in [0.717, 1.165) is 6.07 Å². The highest BCUT2D eigenvalue weighted by Gasteiger charge is 2.53. The Morgan fingerprint density at radius 2 is 0.989 bits per heavy atom. The van der Waals surface area contributed by atoms with Crippen molar-refractivity contribution in [1.82, 2.24) is 4.90 Å². The number of carbonyl (C=O) groups excluding carboxylic acids is 1. The molecule has 1 amide bonds. The van der Waals surface area contributed by atoms with Crippen LogP contribution in [0.4, 0.5) is 60.9 Å². The van der Waals surface area contributed by atoms with Crippen molar-refractivity contribution in [2.45, 2.75) is 123 Å². The summed E-state index contributed by atoms with van der Waals surface area (Å²) in [6.07, 6.45) is 0.773. The zero-order chi connectivity index (χ0) is 65.8. The summed E-state index contributed by atoms with van der Waals surface area (Å²) < 4.78 is 103. The van der Waals surface area contributed by atoms with Crippen LogP contribution in [0.1, 0.15) is 89.0 Å². The summed E-state index contributed by atoms with van der Waals surface area (Å²) in [4.78, 5) is 23.4. The van der Waals surface area contributed by atoms with E-state index in [-0.39, 0.29) is 73.9 Å². The number of carbonyl (C=O) groups is 1. The van der Waals surface area contributed by atoms with Crippen LogP contribution in [0, 0.1) is 39.2 Å². The lowest BCUT2D eigenvalue weighted by atomic mass is 9.79. The minimum absolute atomic E-state index is 0.00446. The van der Waals surface area contributed by atoms with Gasteiger partial charge in [-0.25, -0.2) is 26.7 Å². The Morgan fingerprint density at radius 1 is 0.614 bits per heavy atom. The fraction of sp³-hybridized carbons (Fsp3) is 0.483. The second-order valence-corrected chi connectivity index (χ2v) is 24.2. The maximum atomic E-state index is 14.7. The zero-order valence-electron chi connectivity index (χ0n) is 51.6. The number of rotatable bonds is 17. The lowest BCUT2D eigenvalue weighted by Crippen LogP contribution is -2.44. The van der Waals surface area contributed by atoms with Gasteiger partial charge in [-0.3, -0.25) is 10.1 Å². The standard InChI is InChI=1S/C22H33BFNO5.C14H21BFNO3.C8H9BrFNO.C8H9FN2O3.C8H11FN2O/c1-20(2,3)28-19(26)25-12-10-16(11-13-25)27-18-9-8-15(14-17(18)24)23-29-21(4,5)22(6,7)30-23;1-13(2)14(3,4)20-15(19-13)10-5-6-12(11(16)9-10)17-7-8-18;9-6-1-2-8(7(10)5-6)11-3-4-12;9-7-5-6(11(13)14)1-2-8(7)10-3-4-12;9-7-5-6(10)1-2-8(7)11-3-4-12/h8-9,14,16H,10-13H2,1-7H3;5-6,9,17-18H,7-8H2,1-4H3;1-2,5,11-12H,3-4H2;1-2,5,10,12H,3-4H2;1-2,5,11-12H,3-4,10H2. The molecule has 3 saturated heterocycles. The van der Waals surface area contributed by atoms with Crippen molar-refractivity contribution in [3.8, 4) is 5.75 Å². The molecule has 0 aliphatic carbocycles. The Bertz CT molecular complexity index is 2970. The molecule has 484 valence electrons. The van der Waals surface area contributed by atoms with E-state index in [4.69, 9.17) is 54.3 Å². The Kier molecular flexibility index (Phi) is 28.0. The minimum atomic E-state index is -0.701. The van der Waals surface area contributed by atoms with E-state index in [9.17, 15) is 36.9 Å². The van der Waals surface area contributed by atoms with Crippen LogP contribution in [0.3, 0.4) is 0 Å². The monoisotopic (exact) mass is 1310 g/mol. The number of nitro benzene ring substituents is 1. The first kappa shape index (κ1) is 74.0. The number of benzene rings is 5. The number of nitrogens with zero attached hydrogens (tertiary/aromatic N) is 2. The number of anilines is 5. The summed E-state index contributed by atoms with van der Waals surface area (Å²) in [5, 5.41) is 55.2. The number of hydrogen-bond donors (Lipinski definition) is 9. The van der Waals surface area contributed by atoms with E-state index in [2.05, 4.69) is 37.2 Å². The molecular formula is C60H83B2BrF5N7O13. The van der Waals surface area contributed by atoms with Crippen LogP contribution < -0.4 is 42.7 Å². The van der Waals surface area contributed by atoms with E-state index in [1.54, 1.807) is 53.4 Å². The number of likely N-dealkylation sites (tertiary alicyclic amines) is 1. The molecule has 0 atom stereocenters. The van der Waals surface area contributed by atoms with Crippen LogP contribution >= 0.6 is 15.9 Å². The number of aliphatic hydroxyl groups excluding tert-OH is 4. The second-order valence-electron chi connectivity index (χ2n) is 23.3. The number of amides is 1. The van der Waals surface area contributed by atoms with Crippen molar-refractivity contribution in [2.24, 2.45) is 0 Å². The van der Waals surface area contributed by atoms with E-state index in [0.29, 0.717) is 83.7 Å². The molecule has 0 radical (unpaired) electrons. The lowest BCUT2D eigenvalue weighted by molar-refractivity contribution is -0.385. The first-order valence-electron chi connectivity index (χ1n) is 28.4. The van der Waals surface area contributed by atoms with Gasteiger partial charge in [0.15, 0.2) is 17.4 Å². The smallest absolute Gasteiger partial charge is 0.487 e. The second kappa shape index (κ2) is 33.4. The van der Waals surface area contributed by atoms with Gasteiger partial charge in [-0.2, -0.15) is 0 Å². The van der Waals surface area contributed by atoms with Gasteiger partial charge in [0, 0.05) is 68.3 Å². The predicted octanol–water partition coefficient (Wildman–Crippen LogP) is 9.37. The van der Waals surface area contributed by atoms with Gasteiger partial charge in [-0.1, -0.05) is 28.1 Å². The average Bonchev–Trinajstić information content (AvgIpc) is 4.10. The first-order valence-corrected chi connectivity index (χ1v) is 29.2. The number of nitro groups is 1. The van der Waals surface area contributed by atoms with Gasteiger partial charge in [0.2, 0.25) is 0 Å². The van der Waals surface area contributed by atoms with Gasteiger partial charge in [-0.15, -0.1) is 0 Å². The Morgan fingerprint density at radius 3 is 1.36 bits per heavy atom. The summed E-state index contributed by atoms with van der Waals surface area (Å²) in [5.41, 5.74) is 5.61. The maximum Gasteiger partial charge on any atom is 0.494 e. The Balaban J connectivity index is 0.000000249. The van der Waals surface area contributed by atoms with Gasteiger partial charge >= 0.3 is 20.3 Å². The number of non-ortho nitro benzene ring substituents is 1. The number of ether oxygens (including phenoxy) is 2. The van der Waals surface area contributed by atoms with Gasteiger partial charge in [0.1, 0.15) is 29.2 Å². The third-order valence-corrected chi connectivity index (χ3v) is 14.7. The largest absolute Gasteiger partial charge is 0.494 e. The van der Waals surface area contributed by atoms with Crippen LogP contribution in [-0.4, -0.2) is 150 Å². The molecule has 0 aromatic heterocycles. The van der Waals surface area contributed by atoms with Crippen molar-refractivity contribution in [3.63, 3.8) is 0 Å². The predicted molar refractivity (Wildman–Crippen MR) is 336 cm³/mol. The van der Waals surface area contributed by atoms with Gasteiger partial charge < -0.3 is 80.4 Å². The minimum Gasteiger partial charge on any atom is -0.487 e. The summed E-state index contributed by atoms with van der Waals surface area (Å²) in [5.74, 6) is -2.05. The molecule has 3 heterocycles. The third kappa shape index (κ3) is 22.5. The fourth-order valence-corrected chi connectivity index (χ4v) is 8.37. The van der Waals surface area contributed by atoms with E-state index < -0.39 is 64.6 Å². The SMILES string of the molecule is CC(C)(C)OC(=O)N1CCC(Oc2ccc(B3OC(C)(C)C(C)(C)O3)cc2F)CC1.CC1(C)OB(c2ccc(NCCO)c(F)c2)OC1(C)C.Nc1ccc(NCCO)c(F)c1.O=[N+]([O-])c1ccc(NCCO)c(F)c1.OCCNc1ccc(Br)cc1F. The van der Waals surface area contributed by atoms with Crippen LogP contribution in [0.2, 0.25) is 0 Å². The summed E-state index contributed by atoms with van der Waals surface area (Å²) in [7, 11) is -1.18. The molecule has 3 fully saturated rings. The third-order valence-electron chi connectivity index (χ3n) is 14.2. The molecule has 3 aliphatic rings. The normalized spacial score (nSPS) is 16.2. The van der Waals surface area contributed by atoms with E-state index in [1.807, 2.05) is 76.2 Å². The van der Waals surface area contributed by atoms with Crippen molar-refractivity contribution in [1.29, 1.82) is 0 Å². The number of nitrogens with one attached hydrogen (secondary N) is 4. The molecule has 5 aromatic rings. The number of hydrogen-bond acceptors (Lipinski definition) is 18. The van der Waals surface area contributed by atoms with Crippen LogP contribution in [0.15, 0.2) is 95.5 Å². The number of aliphatic hydroxyl groups is 4. The highest BCUT2D eigenvalue weighted by atomic mass is 79.9. The molecule has 28 heteroatoms. The molecule has 88 heavy (non-hydrogen) atoms. The van der Waals surface area contributed by atoms with Gasteiger partial charge in [0.25, 0.3) is 5.69 Å². The summed E-state index contributed by atoms with van der Waals surface area (Å²) >= 11 is 3.15. The molecule has 0 bridgehead atoms. The molecular weight excluding hydrogens is 1220 g/mol. The summed E-state index contributed by atoms with van der Waals surface area (Å²) in [6.45, 7) is 23.3. The molecule has 8 rings (SSSR count). The highest BCUT2D eigenvalue weighted by Crippen LogP contribution is 2.38. The highest BCUT2D eigenvalue weighted by molar-refractivity contribution is 9.10. The molecule has 0 saturated carbocycles. The van der Waals surface area contributed by atoms with E-state index in [1.165, 1.54) is 36.4 Å². The number of nitrogen functional groups attached to an aromatic ring is 1. The molecule has 10 N–H and O–H groups in total. The molecule has 0 unspecified atom stereocenters. The van der Waals surface area contributed by atoms with Gasteiger partial charge in [0.05, 0.1) is 82.6 Å². The van der Waals surface area contributed by atoms with Crippen molar-refractivity contribution in [2.75, 3.05) is 92.7 Å². The van der Waals surface area contributed by atoms with Crippen LogP contribution in [0.5, 0.6) is 5.75 Å². The molecule has 20 nitrogen and oxygen atoms in total. The molecule has 5 aromatic carbocycles. The van der Waals surface area contributed by atoms with Crippen molar-refractivity contribution >= 4 is 81.3 Å². The first-order chi connectivity index (χ1) is 41.2. The van der Waals surface area contributed by atoms with Crippen molar-refractivity contribution < 1.29 is 80.2 Å². The maximum absolute atomic E-state index is 14.7. The van der Waals surface area contributed by atoms with Crippen LogP contribution in [0.25, 0.3) is 0 Å². The zero-order valence-corrected chi connectivity index (χ0v) is 53.2. The average molecular weight is 1310 g/mol. The fourth-order valence-electron chi connectivity index (χ4n) is 8.03. The molecule has 3 aliphatic heterocycles. The number of piperidine rings is 1.